The first-order chi connectivity index (χ1) is 14.6. The fraction of sp³-hybridized carbons (Fsp3) is 0.261. The van der Waals surface area contributed by atoms with Gasteiger partial charge in [0.15, 0.2) is 0 Å². The summed E-state index contributed by atoms with van der Waals surface area (Å²) in [6.45, 7) is 8.18. The number of carbonyl (C=O) groups excluding carboxylic acids is 1. The molecule has 0 atom stereocenters. The molecule has 1 saturated heterocycles. The maximum Gasteiger partial charge on any atom is 0.248 e. The van der Waals surface area contributed by atoms with E-state index in [0.29, 0.717) is 17.6 Å². The predicted octanol–water partition coefficient (Wildman–Crippen LogP) is 3.04. The number of benzene rings is 1. The second-order valence-corrected chi connectivity index (χ2v) is 6.74. The summed E-state index contributed by atoms with van der Waals surface area (Å²) < 4.78 is 5.36. The topological polar surface area (TPSA) is 104 Å². The lowest BCUT2D eigenvalue weighted by molar-refractivity contribution is -0.111. The number of hydrogen-bond acceptors (Lipinski definition) is 6. The first kappa shape index (κ1) is 23.0. The van der Waals surface area contributed by atoms with Crippen LogP contribution in [0.1, 0.15) is 12.0 Å². The summed E-state index contributed by atoms with van der Waals surface area (Å²) in [4.78, 5) is 18.5. The smallest absolute Gasteiger partial charge is 0.248 e. The van der Waals surface area contributed by atoms with E-state index >= 15 is 0 Å². The second-order valence-electron chi connectivity index (χ2n) is 6.74. The Hall–Kier alpha value is -3.29. The zero-order valence-corrected chi connectivity index (χ0v) is 17.1. The number of nitrogens with two attached hydrogens (primary N) is 1. The van der Waals surface area contributed by atoms with Crippen molar-refractivity contribution in [1.29, 1.82) is 5.41 Å². The summed E-state index contributed by atoms with van der Waals surface area (Å²) in [6.07, 6.45) is 11.1. The van der Waals surface area contributed by atoms with Crippen LogP contribution >= 0.6 is 0 Å². The van der Waals surface area contributed by atoms with Crippen molar-refractivity contribution >= 4 is 24.0 Å². The standard InChI is InChI=1S/C23H29N5O2/c1-19(17-26-10-2-3-21(15-24)16-25)4-9-23(29)27-22-7-5-20(6-8-22)18-28-11-13-30-14-12-28/h2,4-10,15-17,24H,1,3,11-14,18,25H2,(H,27,29)/b9-4+,10-2-,21-16-,24-15?,26-17-. The lowest BCUT2D eigenvalue weighted by Gasteiger charge is -2.26. The molecule has 1 aliphatic heterocycles. The van der Waals surface area contributed by atoms with E-state index in [1.54, 1.807) is 24.6 Å². The fourth-order valence-electron chi connectivity index (χ4n) is 2.68. The van der Waals surface area contributed by atoms with Gasteiger partial charge < -0.3 is 21.2 Å². The Bertz CT molecular complexity index is 832. The monoisotopic (exact) mass is 407 g/mol. The number of carbonyl (C=O) groups is 1. The first-order valence-corrected chi connectivity index (χ1v) is 9.77. The van der Waals surface area contributed by atoms with E-state index in [4.69, 9.17) is 15.9 Å². The van der Waals surface area contributed by atoms with E-state index in [1.165, 1.54) is 24.1 Å². The Morgan fingerprint density at radius 2 is 2.00 bits per heavy atom. The summed E-state index contributed by atoms with van der Waals surface area (Å²) >= 11 is 0. The van der Waals surface area contributed by atoms with E-state index in [1.807, 2.05) is 24.3 Å². The van der Waals surface area contributed by atoms with Gasteiger partial charge in [-0.15, -0.1) is 0 Å². The molecule has 1 aromatic carbocycles. The number of allylic oxidation sites excluding steroid dienone is 4. The molecular weight excluding hydrogens is 378 g/mol. The largest absolute Gasteiger partial charge is 0.404 e. The van der Waals surface area contributed by atoms with Crippen LogP contribution in [0, 0.1) is 5.41 Å². The highest BCUT2D eigenvalue weighted by Crippen LogP contribution is 2.12. The van der Waals surface area contributed by atoms with E-state index in [0.717, 1.165) is 38.5 Å². The Labute approximate surface area is 177 Å². The fourth-order valence-corrected chi connectivity index (χ4v) is 2.68. The number of anilines is 1. The molecule has 1 aliphatic rings. The zero-order chi connectivity index (χ0) is 21.6. The summed E-state index contributed by atoms with van der Waals surface area (Å²) in [7, 11) is 0. The van der Waals surface area contributed by atoms with Crippen molar-refractivity contribution in [3.8, 4) is 0 Å². The van der Waals surface area contributed by atoms with Crippen molar-refractivity contribution in [2.45, 2.75) is 13.0 Å². The zero-order valence-electron chi connectivity index (χ0n) is 17.1. The van der Waals surface area contributed by atoms with Gasteiger partial charge in [-0.2, -0.15) is 0 Å². The number of morpholine rings is 1. The van der Waals surface area contributed by atoms with Gasteiger partial charge in [-0.05, 0) is 47.5 Å². The van der Waals surface area contributed by atoms with Crippen molar-refractivity contribution in [2.24, 2.45) is 10.7 Å². The molecule has 0 bridgehead atoms. The molecule has 1 amide bonds. The Balaban J connectivity index is 1.75. The minimum Gasteiger partial charge on any atom is -0.404 e. The molecule has 0 aromatic heterocycles. The minimum atomic E-state index is -0.232. The molecule has 0 radical (unpaired) electrons. The summed E-state index contributed by atoms with van der Waals surface area (Å²) in [5.41, 5.74) is 8.61. The molecule has 0 aliphatic carbocycles. The van der Waals surface area contributed by atoms with Gasteiger partial charge >= 0.3 is 0 Å². The van der Waals surface area contributed by atoms with E-state index in [9.17, 15) is 4.79 Å². The number of nitrogens with one attached hydrogen (secondary N) is 2. The van der Waals surface area contributed by atoms with Crippen molar-refractivity contribution in [1.82, 2.24) is 4.90 Å². The Morgan fingerprint density at radius 1 is 1.27 bits per heavy atom. The van der Waals surface area contributed by atoms with E-state index in [2.05, 4.69) is 21.8 Å². The van der Waals surface area contributed by atoms with Gasteiger partial charge in [0.1, 0.15) is 0 Å². The lowest BCUT2D eigenvalue weighted by Crippen LogP contribution is -2.35. The van der Waals surface area contributed by atoms with Gasteiger partial charge in [-0.25, -0.2) is 0 Å². The predicted molar refractivity (Wildman–Crippen MR) is 123 cm³/mol. The number of ether oxygens (including phenoxy) is 1. The third-order valence-electron chi connectivity index (χ3n) is 4.37. The SMILES string of the molecule is C=C(/C=N\C=C/C/C(C=N)=C/N)/C=C/C(=O)Nc1ccc(CN2CCOCC2)cc1. The summed E-state index contributed by atoms with van der Waals surface area (Å²) in [5, 5.41) is 9.97. The van der Waals surface area contributed by atoms with Crippen molar-refractivity contribution < 1.29 is 9.53 Å². The molecule has 1 heterocycles. The number of hydrogen-bond donors (Lipinski definition) is 3. The van der Waals surface area contributed by atoms with Crippen LogP contribution in [-0.2, 0) is 16.1 Å². The maximum absolute atomic E-state index is 12.1. The number of nitrogens with zero attached hydrogens (tertiary/aromatic N) is 2. The van der Waals surface area contributed by atoms with Crippen molar-refractivity contribution in [2.75, 3.05) is 31.6 Å². The van der Waals surface area contributed by atoms with Gasteiger partial charge in [0.25, 0.3) is 0 Å². The van der Waals surface area contributed by atoms with Crippen LogP contribution in [0.3, 0.4) is 0 Å². The summed E-state index contributed by atoms with van der Waals surface area (Å²) in [6, 6.07) is 7.86. The molecule has 0 unspecified atom stereocenters. The van der Waals surface area contributed by atoms with Gasteiger partial charge in [0.05, 0.1) is 13.2 Å². The number of amides is 1. The molecule has 7 heteroatoms. The highest BCUT2D eigenvalue weighted by atomic mass is 16.5. The molecule has 0 spiro atoms. The lowest BCUT2D eigenvalue weighted by atomic mass is 10.2. The van der Waals surface area contributed by atoms with Gasteiger partial charge in [0, 0.05) is 50.0 Å². The summed E-state index contributed by atoms with van der Waals surface area (Å²) in [5.74, 6) is -0.232. The normalized spacial score (nSPS) is 15.8. The van der Waals surface area contributed by atoms with Crippen LogP contribution in [0.25, 0.3) is 0 Å². The van der Waals surface area contributed by atoms with Crippen LogP contribution in [0.4, 0.5) is 5.69 Å². The molecular formula is C23H29N5O2. The molecule has 7 nitrogen and oxygen atoms in total. The highest BCUT2D eigenvalue weighted by molar-refractivity contribution is 6.00. The second kappa shape index (κ2) is 13.0. The number of aliphatic imine (C=N–C) groups is 1. The van der Waals surface area contributed by atoms with E-state index < -0.39 is 0 Å². The van der Waals surface area contributed by atoms with Gasteiger partial charge in [-0.1, -0.05) is 24.8 Å². The van der Waals surface area contributed by atoms with Crippen LogP contribution < -0.4 is 11.1 Å². The van der Waals surface area contributed by atoms with Crippen LogP contribution in [-0.4, -0.2) is 49.5 Å². The molecule has 0 saturated carbocycles. The molecule has 1 aromatic rings. The first-order valence-electron chi connectivity index (χ1n) is 9.77. The van der Waals surface area contributed by atoms with Crippen molar-refractivity contribution in [3.63, 3.8) is 0 Å². The molecule has 4 N–H and O–H groups in total. The highest BCUT2D eigenvalue weighted by Gasteiger charge is 2.10. The quantitative estimate of drug-likeness (QED) is 0.315. The molecule has 2 rings (SSSR count). The Kier molecular flexibility index (Phi) is 9.99. The van der Waals surface area contributed by atoms with Crippen molar-refractivity contribution in [3.05, 3.63) is 78.2 Å². The average molecular weight is 408 g/mol. The molecule has 158 valence electrons. The van der Waals surface area contributed by atoms with E-state index in [-0.39, 0.29) is 5.91 Å². The van der Waals surface area contributed by atoms with Gasteiger partial charge in [-0.3, -0.25) is 14.7 Å². The van der Waals surface area contributed by atoms with Gasteiger partial charge in [0.2, 0.25) is 5.91 Å². The average Bonchev–Trinajstić information content (AvgIpc) is 2.77. The van der Waals surface area contributed by atoms with Crippen LogP contribution in [0.5, 0.6) is 0 Å². The maximum atomic E-state index is 12.1. The van der Waals surface area contributed by atoms with Crippen LogP contribution in [0.15, 0.2) is 77.6 Å². The third kappa shape index (κ3) is 8.81. The third-order valence-corrected chi connectivity index (χ3v) is 4.37. The molecule has 30 heavy (non-hydrogen) atoms. The number of rotatable bonds is 10. The minimum absolute atomic E-state index is 0.232. The van der Waals surface area contributed by atoms with Crippen LogP contribution in [0.2, 0.25) is 0 Å². The Morgan fingerprint density at radius 3 is 2.67 bits per heavy atom. The molecule has 1 fully saturated rings.